The van der Waals surface area contributed by atoms with E-state index < -0.39 is 11.1 Å². The highest BCUT2D eigenvalue weighted by Gasteiger charge is 2.36. The van der Waals surface area contributed by atoms with Gasteiger partial charge < -0.3 is 16.2 Å². The first kappa shape index (κ1) is 13.4. The minimum atomic E-state index is -0.961. The zero-order valence-corrected chi connectivity index (χ0v) is 9.72. The van der Waals surface area contributed by atoms with E-state index in [0.29, 0.717) is 6.54 Å². The standard InChI is InChI=1S/C10H22N2O2/c1-7(6-11)8(13)12-9(2,3)10(4,5)14/h7,14H,6,11H2,1-5H3,(H,12,13). The van der Waals surface area contributed by atoms with Crippen LogP contribution in [-0.4, -0.2) is 28.7 Å². The Balaban J connectivity index is 4.45. The van der Waals surface area contributed by atoms with Crippen molar-refractivity contribution in [1.82, 2.24) is 5.32 Å². The minimum absolute atomic E-state index is 0.125. The predicted molar refractivity (Wildman–Crippen MR) is 56.7 cm³/mol. The van der Waals surface area contributed by atoms with Crippen molar-refractivity contribution < 1.29 is 9.90 Å². The van der Waals surface area contributed by atoms with E-state index in [9.17, 15) is 9.90 Å². The monoisotopic (exact) mass is 202 g/mol. The molecule has 4 heteroatoms. The van der Waals surface area contributed by atoms with Gasteiger partial charge in [0.05, 0.1) is 11.1 Å². The first-order chi connectivity index (χ1) is 6.12. The number of aliphatic hydroxyl groups is 1. The molecule has 0 aromatic rings. The molecular weight excluding hydrogens is 180 g/mol. The summed E-state index contributed by atoms with van der Waals surface area (Å²) in [5, 5.41) is 12.6. The van der Waals surface area contributed by atoms with E-state index in [4.69, 9.17) is 5.73 Å². The summed E-state index contributed by atoms with van der Waals surface area (Å²) in [5.74, 6) is -0.351. The van der Waals surface area contributed by atoms with E-state index in [1.165, 1.54) is 0 Å². The lowest BCUT2D eigenvalue weighted by Gasteiger charge is -2.38. The molecule has 0 fully saturated rings. The van der Waals surface area contributed by atoms with Crippen molar-refractivity contribution in [2.24, 2.45) is 11.7 Å². The maximum absolute atomic E-state index is 11.5. The molecule has 0 aliphatic rings. The molecule has 0 aliphatic heterocycles. The molecule has 0 spiro atoms. The summed E-state index contributed by atoms with van der Waals surface area (Å²) >= 11 is 0. The molecule has 4 N–H and O–H groups in total. The van der Waals surface area contributed by atoms with Crippen LogP contribution >= 0.6 is 0 Å². The van der Waals surface area contributed by atoms with Gasteiger partial charge in [0.2, 0.25) is 5.91 Å². The Morgan fingerprint density at radius 1 is 1.43 bits per heavy atom. The van der Waals surface area contributed by atoms with Crippen LogP contribution in [0.15, 0.2) is 0 Å². The predicted octanol–water partition coefficient (Wildman–Crippen LogP) is 0.247. The fourth-order valence-electron chi connectivity index (χ4n) is 0.691. The van der Waals surface area contributed by atoms with Crippen LogP contribution in [0.4, 0.5) is 0 Å². The van der Waals surface area contributed by atoms with Gasteiger partial charge in [0.15, 0.2) is 0 Å². The smallest absolute Gasteiger partial charge is 0.224 e. The lowest BCUT2D eigenvalue weighted by molar-refractivity contribution is -0.129. The topological polar surface area (TPSA) is 75.4 Å². The zero-order valence-electron chi connectivity index (χ0n) is 9.72. The van der Waals surface area contributed by atoms with Crippen molar-refractivity contribution in [2.45, 2.75) is 45.8 Å². The van der Waals surface area contributed by atoms with E-state index >= 15 is 0 Å². The van der Waals surface area contributed by atoms with Gasteiger partial charge in [0, 0.05) is 12.5 Å². The van der Waals surface area contributed by atoms with Crippen LogP contribution in [0.5, 0.6) is 0 Å². The van der Waals surface area contributed by atoms with Crippen LogP contribution < -0.4 is 11.1 Å². The SMILES string of the molecule is CC(CN)C(=O)NC(C)(C)C(C)(C)O. The lowest BCUT2D eigenvalue weighted by atomic mass is 9.85. The van der Waals surface area contributed by atoms with E-state index in [1.807, 2.05) is 0 Å². The van der Waals surface area contributed by atoms with E-state index in [-0.39, 0.29) is 11.8 Å². The maximum atomic E-state index is 11.5. The van der Waals surface area contributed by atoms with Crippen LogP contribution in [0.1, 0.15) is 34.6 Å². The molecule has 0 aromatic carbocycles. The molecule has 14 heavy (non-hydrogen) atoms. The normalized spacial score (nSPS) is 15.1. The second kappa shape index (κ2) is 4.28. The van der Waals surface area contributed by atoms with Gasteiger partial charge in [0.1, 0.15) is 0 Å². The number of amides is 1. The second-order valence-corrected chi connectivity index (χ2v) is 4.81. The molecule has 84 valence electrons. The Morgan fingerprint density at radius 3 is 2.14 bits per heavy atom. The van der Waals surface area contributed by atoms with E-state index in [2.05, 4.69) is 5.32 Å². The summed E-state index contributed by atoms with van der Waals surface area (Å²) in [6.45, 7) is 8.98. The summed E-state index contributed by atoms with van der Waals surface area (Å²) in [6.07, 6.45) is 0. The molecule has 0 heterocycles. The second-order valence-electron chi connectivity index (χ2n) is 4.81. The summed E-state index contributed by atoms with van der Waals surface area (Å²) < 4.78 is 0. The van der Waals surface area contributed by atoms with Crippen molar-refractivity contribution >= 4 is 5.91 Å². The Bertz CT molecular complexity index is 207. The Morgan fingerprint density at radius 2 is 1.86 bits per heavy atom. The van der Waals surface area contributed by atoms with Gasteiger partial charge in [-0.25, -0.2) is 0 Å². The zero-order chi connectivity index (χ0) is 11.6. The van der Waals surface area contributed by atoms with Gasteiger partial charge in [0.25, 0.3) is 0 Å². The number of nitrogens with one attached hydrogen (secondary N) is 1. The van der Waals surface area contributed by atoms with Crippen molar-refractivity contribution in [3.8, 4) is 0 Å². The van der Waals surface area contributed by atoms with Gasteiger partial charge >= 0.3 is 0 Å². The third kappa shape index (κ3) is 3.27. The molecule has 0 saturated heterocycles. The average molecular weight is 202 g/mol. The number of nitrogens with two attached hydrogens (primary N) is 1. The molecular formula is C10H22N2O2. The Hall–Kier alpha value is -0.610. The van der Waals surface area contributed by atoms with Crippen molar-refractivity contribution in [1.29, 1.82) is 0 Å². The van der Waals surface area contributed by atoms with Gasteiger partial charge in [-0.1, -0.05) is 6.92 Å². The third-order valence-electron chi connectivity index (χ3n) is 2.77. The molecule has 0 bridgehead atoms. The number of carbonyl (C=O) groups is 1. The highest BCUT2D eigenvalue weighted by molar-refractivity contribution is 5.79. The largest absolute Gasteiger partial charge is 0.388 e. The molecule has 4 nitrogen and oxygen atoms in total. The Kier molecular flexibility index (Phi) is 4.09. The van der Waals surface area contributed by atoms with Crippen molar-refractivity contribution in [3.63, 3.8) is 0 Å². The van der Waals surface area contributed by atoms with Gasteiger partial charge in [-0.15, -0.1) is 0 Å². The highest BCUT2D eigenvalue weighted by Crippen LogP contribution is 2.20. The molecule has 0 saturated carbocycles. The summed E-state index contributed by atoms with van der Waals surface area (Å²) in [7, 11) is 0. The van der Waals surface area contributed by atoms with Crippen LogP contribution in [0.3, 0.4) is 0 Å². The third-order valence-corrected chi connectivity index (χ3v) is 2.77. The summed E-state index contributed by atoms with van der Waals surface area (Å²) in [4.78, 5) is 11.5. The first-order valence-corrected chi connectivity index (χ1v) is 4.86. The fourth-order valence-corrected chi connectivity index (χ4v) is 0.691. The van der Waals surface area contributed by atoms with E-state index in [1.54, 1.807) is 34.6 Å². The number of carbonyl (C=O) groups excluding carboxylic acids is 1. The molecule has 1 unspecified atom stereocenters. The fraction of sp³-hybridized carbons (Fsp3) is 0.900. The van der Waals surface area contributed by atoms with E-state index in [0.717, 1.165) is 0 Å². The maximum Gasteiger partial charge on any atom is 0.224 e. The molecule has 1 amide bonds. The average Bonchev–Trinajstić information content (AvgIpc) is 2.00. The summed E-state index contributed by atoms with van der Waals surface area (Å²) in [6, 6.07) is 0. The molecule has 0 radical (unpaired) electrons. The molecule has 0 aromatic heterocycles. The number of hydrogen-bond acceptors (Lipinski definition) is 3. The van der Waals surface area contributed by atoms with Crippen LogP contribution in [-0.2, 0) is 4.79 Å². The van der Waals surface area contributed by atoms with Crippen molar-refractivity contribution in [2.75, 3.05) is 6.54 Å². The lowest BCUT2D eigenvalue weighted by Crippen LogP contribution is -2.59. The van der Waals surface area contributed by atoms with Crippen molar-refractivity contribution in [3.05, 3.63) is 0 Å². The first-order valence-electron chi connectivity index (χ1n) is 4.86. The number of rotatable bonds is 4. The van der Waals surface area contributed by atoms with Gasteiger partial charge in [-0.3, -0.25) is 4.79 Å². The molecule has 0 aliphatic carbocycles. The van der Waals surface area contributed by atoms with Crippen LogP contribution in [0.2, 0.25) is 0 Å². The highest BCUT2D eigenvalue weighted by atomic mass is 16.3. The minimum Gasteiger partial charge on any atom is -0.388 e. The van der Waals surface area contributed by atoms with Crippen LogP contribution in [0, 0.1) is 5.92 Å². The van der Waals surface area contributed by atoms with Crippen LogP contribution in [0.25, 0.3) is 0 Å². The van der Waals surface area contributed by atoms with Gasteiger partial charge in [-0.2, -0.15) is 0 Å². The number of hydrogen-bond donors (Lipinski definition) is 3. The molecule has 1 atom stereocenters. The molecule has 0 rings (SSSR count). The quantitative estimate of drug-likeness (QED) is 0.611. The Labute approximate surface area is 85.9 Å². The van der Waals surface area contributed by atoms with Gasteiger partial charge in [-0.05, 0) is 27.7 Å². The summed E-state index contributed by atoms with van der Waals surface area (Å²) in [5.41, 5.74) is 3.76.